The van der Waals surface area contributed by atoms with Gasteiger partial charge in [0, 0.05) is 5.56 Å². The summed E-state index contributed by atoms with van der Waals surface area (Å²) < 4.78 is 53.7. The largest absolute Gasteiger partial charge is 0.530 e. The molecule has 8 heteroatoms. The molecule has 0 amide bonds. The van der Waals surface area contributed by atoms with E-state index in [2.05, 4.69) is 0 Å². The first-order valence-electron chi connectivity index (χ1n) is 8.52. The van der Waals surface area contributed by atoms with Crippen molar-refractivity contribution in [3.63, 3.8) is 0 Å². The molecule has 0 atom stereocenters. The number of phosphoric ester groups is 1. The van der Waals surface area contributed by atoms with E-state index in [9.17, 15) is 13.0 Å². The molecule has 0 aliphatic rings. The number of phosphoric acid groups is 1. The average molecular weight is 410 g/mol. The lowest BCUT2D eigenvalue weighted by Gasteiger charge is -2.19. The minimum Gasteiger partial charge on any atom is -0.404 e. The molecule has 0 bridgehead atoms. The molecule has 146 valence electrons. The van der Waals surface area contributed by atoms with Crippen LogP contribution in [0.15, 0.2) is 71.6 Å². The first-order valence-corrected chi connectivity index (χ1v) is 11.6. The Labute approximate surface area is 160 Å². The molecule has 0 spiro atoms. The Kier molecular flexibility index (Phi) is 7.80. The lowest BCUT2D eigenvalue weighted by molar-refractivity contribution is 0.159. The molecule has 6 nitrogen and oxygen atoms in total. The zero-order chi connectivity index (χ0) is 19.8. The van der Waals surface area contributed by atoms with E-state index < -0.39 is 17.7 Å². The van der Waals surface area contributed by atoms with Gasteiger partial charge in [-0.25, -0.2) is 13.0 Å². The molecular formula is C19H23O6PS. The van der Waals surface area contributed by atoms with E-state index in [-0.39, 0.29) is 29.6 Å². The van der Waals surface area contributed by atoms with E-state index in [1.165, 1.54) is 18.2 Å². The predicted molar refractivity (Wildman–Crippen MR) is 105 cm³/mol. The molecule has 0 heterocycles. The highest BCUT2D eigenvalue weighted by Crippen LogP contribution is 2.52. The topological polar surface area (TPSA) is 78.9 Å². The van der Waals surface area contributed by atoms with Crippen LogP contribution in [0.5, 0.6) is 0 Å². The van der Waals surface area contributed by atoms with Crippen LogP contribution < -0.4 is 0 Å². The highest BCUT2D eigenvalue weighted by Gasteiger charge is 2.29. The Bertz CT molecular complexity index is 884. The van der Waals surface area contributed by atoms with E-state index in [0.29, 0.717) is 5.56 Å². The van der Waals surface area contributed by atoms with Crippen molar-refractivity contribution in [1.82, 2.24) is 0 Å². The molecular weight excluding hydrogens is 387 g/mol. The van der Waals surface area contributed by atoms with Crippen molar-refractivity contribution in [3.05, 3.63) is 72.3 Å². The van der Waals surface area contributed by atoms with Crippen LogP contribution in [0.2, 0.25) is 0 Å². The second kappa shape index (κ2) is 9.85. The molecule has 0 saturated heterocycles. The van der Waals surface area contributed by atoms with Crippen LogP contribution in [0.25, 0.3) is 5.76 Å². The van der Waals surface area contributed by atoms with Crippen molar-refractivity contribution in [2.24, 2.45) is 0 Å². The molecule has 0 aromatic heterocycles. The summed E-state index contributed by atoms with van der Waals surface area (Å²) in [6, 6.07) is 16.9. The highest BCUT2D eigenvalue weighted by molar-refractivity contribution is 7.91. The standard InChI is InChI=1S/C19H23O6PS/c1-3-23-26(20,24-4-2)25-19(17-11-7-5-8-12-17)15-16-27(21,22)18-13-9-6-10-14-18/h5-15H,3-4,16H2,1-2H3/b19-15+. The van der Waals surface area contributed by atoms with Crippen LogP contribution in [-0.4, -0.2) is 27.4 Å². The fourth-order valence-electron chi connectivity index (χ4n) is 2.25. The molecule has 0 aliphatic heterocycles. The first-order chi connectivity index (χ1) is 12.9. The second-order valence-corrected chi connectivity index (χ2v) is 9.03. The van der Waals surface area contributed by atoms with Crippen molar-refractivity contribution in [3.8, 4) is 0 Å². The van der Waals surface area contributed by atoms with E-state index in [4.69, 9.17) is 13.6 Å². The molecule has 0 unspecified atom stereocenters. The average Bonchev–Trinajstić information content (AvgIpc) is 2.67. The number of benzene rings is 2. The third-order valence-electron chi connectivity index (χ3n) is 3.43. The third-order valence-corrected chi connectivity index (χ3v) is 6.60. The Hall–Kier alpha value is -1.92. The van der Waals surface area contributed by atoms with Crippen molar-refractivity contribution in [2.75, 3.05) is 19.0 Å². The van der Waals surface area contributed by atoms with Gasteiger partial charge in [0.25, 0.3) is 0 Å². The zero-order valence-corrected chi connectivity index (χ0v) is 17.0. The minimum atomic E-state index is -3.86. The highest BCUT2D eigenvalue weighted by atomic mass is 32.2. The summed E-state index contributed by atoms with van der Waals surface area (Å²) >= 11 is 0. The summed E-state index contributed by atoms with van der Waals surface area (Å²) in [5, 5.41) is 0. The van der Waals surface area contributed by atoms with Gasteiger partial charge in [0.05, 0.1) is 23.9 Å². The molecule has 0 radical (unpaired) electrons. The zero-order valence-electron chi connectivity index (χ0n) is 15.3. The van der Waals surface area contributed by atoms with Crippen molar-refractivity contribution in [2.45, 2.75) is 18.7 Å². The summed E-state index contributed by atoms with van der Waals surface area (Å²) in [7, 11) is -7.43. The molecule has 0 N–H and O–H groups in total. The quantitative estimate of drug-likeness (QED) is 0.417. The van der Waals surface area contributed by atoms with Crippen LogP contribution in [-0.2, 0) is 28.0 Å². The Balaban J connectivity index is 2.36. The first kappa shape index (κ1) is 21.4. The predicted octanol–water partition coefficient (Wildman–Crippen LogP) is 4.70. The van der Waals surface area contributed by atoms with Crippen molar-refractivity contribution >= 4 is 23.4 Å². The van der Waals surface area contributed by atoms with Crippen molar-refractivity contribution < 1.29 is 26.6 Å². The smallest absolute Gasteiger partial charge is 0.404 e. The lowest BCUT2D eigenvalue weighted by Crippen LogP contribution is -2.06. The van der Waals surface area contributed by atoms with Gasteiger partial charge in [-0.3, -0.25) is 9.05 Å². The van der Waals surface area contributed by atoms with Gasteiger partial charge in [0.15, 0.2) is 9.84 Å². The summed E-state index contributed by atoms with van der Waals surface area (Å²) in [4.78, 5) is 0.200. The van der Waals surface area contributed by atoms with Crippen LogP contribution in [0, 0.1) is 0 Å². The molecule has 0 aliphatic carbocycles. The van der Waals surface area contributed by atoms with Gasteiger partial charge in [0.1, 0.15) is 5.76 Å². The summed E-state index contributed by atoms with van der Waals surface area (Å²) in [5.74, 6) is -0.195. The SMILES string of the molecule is CCOP(=O)(OCC)O/C(=C/CS(=O)(=O)c1ccccc1)c1ccccc1. The molecule has 27 heavy (non-hydrogen) atoms. The maximum absolute atomic E-state index is 12.7. The van der Waals surface area contributed by atoms with Crippen LogP contribution >= 0.6 is 7.82 Å². The Morgan fingerprint density at radius 1 is 0.926 bits per heavy atom. The van der Waals surface area contributed by atoms with E-state index in [1.807, 2.05) is 6.07 Å². The van der Waals surface area contributed by atoms with Crippen molar-refractivity contribution in [1.29, 1.82) is 0 Å². The number of hydrogen-bond donors (Lipinski definition) is 0. The molecule has 0 saturated carbocycles. The maximum Gasteiger partial charge on any atom is 0.530 e. The van der Waals surface area contributed by atoms with E-state index in [1.54, 1.807) is 56.3 Å². The summed E-state index contributed by atoms with van der Waals surface area (Å²) in [6.45, 7) is 3.59. The number of rotatable bonds is 10. The molecule has 2 aromatic carbocycles. The van der Waals surface area contributed by atoms with Gasteiger partial charge in [-0.05, 0) is 32.1 Å². The Morgan fingerprint density at radius 2 is 1.44 bits per heavy atom. The van der Waals surface area contributed by atoms with Gasteiger partial charge in [-0.1, -0.05) is 48.5 Å². The fraction of sp³-hybridized carbons (Fsp3) is 0.263. The van der Waals surface area contributed by atoms with E-state index >= 15 is 0 Å². The molecule has 2 rings (SSSR count). The monoisotopic (exact) mass is 410 g/mol. The number of sulfone groups is 1. The summed E-state index contributed by atoms with van der Waals surface area (Å²) in [6.07, 6.45) is 1.38. The van der Waals surface area contributed by atoms with Gasteiger partial charge < -0.3 is 4.52 Å². The molecule has 0 fully saturated rings. The molecule has 2 aromatic rings. The fourth-order valence-corrected chi connectivity index (χ4v) is 4.61. The van der Waals surface area contributed by atoms with Gasteiger partial charge in [-0.15, -0.1) is 0 Å². The van der Waals surface area contributed by atoms with Gasteiger partial charge in [-0.2, -0.15) is 0 Å². The van der Waals surface area contributed by atoms with Gasteiger partial charge >= 0.3 is 7.82 Å². The second-order valence-electron chi connectivity index (χ2n) is 5.40. The maximum atomic E-state index is 12.7. The Morgan fingerprint density at radius 3 is 1.96 bits per heavy atom. The lowest BCUT2D eigenvalue weighted by atomic mass is 10.2. The number of hydrogen-bond acceptors (Lipinski definition) is 6. The van der Waals surface area contributed by atoms with Gasteiger partial charge in [0.2, 0.25) is 0 Å². The third kappa shape index (κ3) is 6.33. The summed E-state index contributed by atoms with van der Waals surface area (Å²) in [5.41, 5.74) is 0.570. The van der Waals surface area contributed by atoms with Crippen LogP contribution in [0.1, 0.15) is 19.4 Å². The van der Waals surface area contributed by atoms with Crippen LogP contribution in [0.3, 0.4) is 0 Å². The van der Waals surface area contributed by atoms with Crippen LogP contribution in [0.4, 0.5) is 0 Å². The minimum absolute atomic E-state index is 0.125. The van der Waals surface area contributed by atoms with E-state index in [0.717, 1.165) is 0 Å². The normalized spacial score (nSPS) is 12.7.